The number of hydrogen-bond donors (Lipinski definition) is 1. The number of rotatable bonds is 2. The van der Waals surface area contributed by atoms with Crippen LogP contribution in [0.2, 0.25) is 5.02 Å². The van der Waals surface area contributed by atoms with Crippen LogP contribution in [0.4, 0.5) is 5.13 Å². The van der Waals surface area contributed by atoms with Gasteiger partial charge in [-0.2, -0.15) is 0 Å². The molecule has 2 N–H and O–H groups in total. The first-order valence-electron chi connectivity index (χ1n) is 5.96. The zero-order chi connectivity index (χ0) is 12.2. The van der Waals surface area contributed by atoms with E-state index in [2.05, 4.69) is 24.9 Å². The molecule has 1 aliphatic rings. The molecule has 2 nitrogen and oxygen atoms in total. The molecule has 1 fully saturated rings. The Kier molecular flexibility index (Phi) is 2.56. The van der Waals surface area contributed by atoms with Crippen LogP contribution in [-0.4, -0.2) is 4.98 Å². The molecule has 0 radical (unpaired) electrons. The third-order valence-corrected chi connectivity index (χ3v) is 4.63. The van der Waals surface area contributed by atoms with Crippen molar-refractivity contribution in [3.8, 4) is 0 Å². The summed E-state index contributed by atoms with van der Waals surface area (Å²) in [5, 5.41) is 1.41. The second-order valence-corrected chi connectivity index (χ2v) is 6.46. The Morgan fingerprint density at radius 3 is 2.76 bits per heavy atom. The molecule has 17 heavy (non-hydrogen) atoms. The van der Waals surface area contributed by atoms with E-state index in [0.29, 0.717) is 17.0 Å². The van der Waals surface area contributed by atoms with Gasteiger partial charge in [0.25, 0.3) is 0 Å². The fourth-order valence-electron chi connectivity index (χ4n) is 2.44. The van der Waals surface area contributed by atoms with Gasteiger partial charge in [0.1, 0.15) is 0 Å². The van der Waals surface area contributed by atoms with Crippen molar-refractivity contribution < 1.29 is 0 Å². The van der Waals surface area contributed by atoms with Crippen LogP contribution in [0.25, 0.3) is 10.2 Å². The predicted molar refractivity (Wildman–Crippen MR) is 75.1 cm³/mol. The van der Waals surface area contributed by atoms with Gasteiger partial charge in [0, 0.05) is 0 Å². The van der Waals surface area contributed by atoms with E-state index in [1.807, 2.05) is 0 Å². The van der Waals surface area contributed by atoms with Gasteiger partial charge in [0.15, 0.2) is 5.13 Å². The molecule has 0 unspecified atom stereocenters. The quantitative estimate of drug-likeness (QED) is 0.867. The van der Waals surface area contributed by atoms with Gasteiger partial charge < -0.3 is 5.73 Å². The number of thiazole rings is 1. The maximum Gasteiger partial charge on any atom is 0.181 e. The number of fused-ring (bicyclic) bond motifs is 1. The van der Waals surface area contributed by atoms with Crippen LogP contribution in [0, 0.1) is 0 Å². The lowest BCUT2D eigenvalue weighted by Crippen LogP contribution is -1.97. The van der Waals surface area contributed by atoms with Gasteiger partial charge in [-0.25, -0.2) is 4.98 Å². The van der Waals surface area contributed by atoms with E-state index in [1.54, 1.807) is 0 Å². The minimum Gasteiger partial charge on any atom is -0.375 e. The number of benzene rings is 1. The number of anilines is 1. The van der Waals surface area contributed by atoms with E-state index < -0.39 is 0 Å². The third-order valence-electron chi connectivity index (χ3n) is 3.30. The van der Waals surface area contributed by atoms with E-state index in [9.17, 15) is 0 Å². The summed E-state index contributed by atoms with van der Waals surface area (Å²) in [6.45, 7) is 4.42. The number of nitrogen functional groups attached to an aromatic ring is 1. The zero-order valence-corrected chi connectivity index (χ0v) is 11.5. The Labute approximate surface area is 110 Å². The molecule has 0 saturated heterocycles. The highest BCUT2D eigenvalue weighted by Crippen LogP contribution is 2.47. The maximum atomic E-state index is 6.34. The highest BCUT2D eigenvalue weighted by atomic mass is 35.5. The third kappa shape index (κ3) is 1.81. The molecule has 2 aromatic rings. The minimum absolute atomic E-state index is 0.465. The topological polar surface area (TPSA) is 38.9 Å². The average molecular weight is 267 g/mol. The summed E-state index contributed by atoms with van der Waals surface area (Å²) in [5.74, 6) is 1.16. The molecule has 1 aromatic heterocycles. The van der Waals surface area contributed by atoms with E-state index in [1.165, 1.54) is 35.3 Å². The zero-order valence-electron chi connectivity index (χ0n) is 9.96. The van der Waals surface area contributed by atoms with Gasteiger partial charge in [0.05, 0.1) is 15.2 Å². The van der Waals surface area contributed by atoms with Gasteiger partial charge in [-0.1, -0.05) is 36.8 Å². The molecule has 1 saturated carbocycles. The summed E-state index contributed by atoms with van der Waals surface area (Å²) in [4.78, 5) is 4.48. The van der Waals surface area contributed by atoms with Gasteiger partial charge in [-0.05, 0) is 41.9 Å². The molecule has 0 atom stereocenters. The van der Waals surface area contributed by atoms with Crippen molar-refractivity contribution in [1.82, 2.24) is 4.98 Å². The van der Waals surface area contributed by atoms with Crippen LogP contribution < -0.4 is 5.73 Å². The maximum absolute atomic E-state index is 6.34. The lowest BCUT2D eigenvalue weighted by Gasteiger charge is -2.13. The summed E-state index contributed by atoms with van der Waals surface area (Å²) in [5.41, 5.74) is 9.58. The first kappa shape index (κ1) is 11.3. The highest BCUT2D eigenvalue weighted by molar-refractivity contribution is 7.22. The Morgan fingerprint density at radius 2 is 2.18 bits per heavy atom. The molecular weight excluding hydrogens is 252 g/mol. The van der Waals surface area contributed by atoms with Crippen LogP contribution in [0.1, 0.15) is 49.7 Å². The van der Waals surface area contributed by atoms with E-state index in [-0.39, 0.29) is 0 Å². The monoisotopic (exact) mass is 266 g/mol. The van der Waals surface area contributed by atoms with Crippen molar-refractivity contribution in [3.63, 3.8) is 0 Å². The molecule has 3 rings (SSSR count). The van der Waals surface area contributed by atoms with E-state index in [4.69, 9.17) is 17.3 Å². The van der Waals surface area contributed by atoms with Crippen molar-refractivity contribution in [3.05, 3.63) is 22.2 Å². The fraction of sp³-hybridized carbons (Fsp3) is 0.462. The molecule has 0 amide bonds. The second kappa shape index (κ2) is 3.85. The summed E-state index contributed by atoms with van der Waals surface area (Å²) >= 11 is 7.82. The number of hydrogen-bond acceptors (Lipinski definition) is 3. The Bertz CT molecular complexity index is 585. The van der Waals surface area contributed by atoms with Crippen molar-refractivity contribution in [1.29, 1.82) is 0 Å². The van der Waals surface area contributed by atoms with Crippen molar-refractivity contribution in [2.75, 3.05) is 5.73 Å². The van der Waals surface area contributed by atoms with Crippen molar-refractivity contribution >= 4 is 38.3 Å². The summed E-state index contributed by atoms with van der Waals surface area (Å²) < 4.78 is 1.04. The van der Waals surface area contributed by atoms with Crippen molar-refractivity contribution in [2.24, 2.45) is 0 Å². The van der Waals surface area contributed by atoms with Crippen LogP contribution in [0.3, 0.4) is 0 Å². The highest BCUT2D eigenvalue weighted by Gasteiger charge is 2.29. The number of nitrogens with two attached hydrogens (primary N) is 1. The normalized spacial score (nSPS) is 16.0. The Balaban J connectivity index is 2.36. The van der Waals surface area contributed by atoms with E-state index in [0.717, 1.165) is 15.2 Å². The number of halogens is 1. The summed E-state index contributed by atoms with van der Waals surface area (Å²) in [7, 11) is 0. The summed E-state index contributed by atoms with van der Waals surface area (Å²) in [6.07, 6.45) is 2.56. The molecule has 1 aromatic carbocycles. The average Bonchev–Trinajstić information content (AvgIpc) is 3.00. The van der Waals surface area contributed by atoms with Crippen LogP contribution in [0.5, 0.6) is 0 Å². The smallest absolute Gasteiger partial charge is 0.181 e. The van der Waals surface area contributed by atoms with Crippen LogP contribution >= 0.6 is 22.9 Å². The second-order valence-electron chi connectivity index (χ2n) is 5.02. The minimum atomic E-state index is 0.465. The fourth-order valence-corrected chi connectivity index (χ4v) is 3.51. The van der Waals surface area contributed by atoms with Crippen LogP contribution in [-0.2, 0) is 0 Å². The van der Waals surface area contributed by atoms with E-state index >= 15 is 0 Å². The first-order valence-corrected chi connectivity index (χ1v) is 7.15. The Hall–Kier alpha value is -0.800. The lowest BCUT2D eigenvalue weighted by molar-refractivity contribution is 0.849. The molecule has 1 aliphatic carbocycles. The van der Waals surface area contributed by atoms with Gasteiger partial charge in [-0.3, -0.25) is 0 Å². The number of nitrogens with zero attached hydrogens (tertiary/aromatic N) is 1. The number of aromatic nitrogens is 1. The SMILES string of the molecule is CC(C)c1c(C2CC2)cc(Cl)c2sc(N)nc12. The largest absolute Gasteiger partial charge is 0.375 e. The lowest BCUT2D eigenvalue weighted by atomic mass is 9.93. The molecule has 0 aliphatic heterocycles. The molecule has 1 heterocycles. The standard InChI is InChI=1S/C13H15ClN2S/c1-6(2)10-8(7-3-4-7)5-9(14)12-11(10)16-13(15)17-12/h5-7H,3-4H2,1-2H3,(H2,15,16). The predicted octanol–water partition coefficient (Wildman–Crippen LogP) is 4.53. The van der Waals surface area contributed by atoms with Gasteiger partial charge in [0.2, 0.25) is 0 Å². The van der Waals surface area contributed by atoms with Crippen molar-refractivity contribution in [2.45, 2.75) is 38.5 Å². The molecule has 90 valence electrons. The molecule has 0 spiro atoms. The first-order chi connectivity index (χ1) is 8.08. The molecular formula is C13H15ClN2S. The molecule has 4 heteroatoms. The Morgan fingerprint density at radius 1 is 1.47 bits per heavy atom. The summed E-state index contributed by atoms with van der Waals surface area (Å²) in [6, 6.07) is 2.13. The van der Waals surface area contributed by atoms with Gasteiger partial charge in [-0.15, -0.1) is 0 Å². The van der Waals surface area contributed by atoms with Gasteiger partial charge >= 0.3 is 0 Å². The van der Waals surface area contributed by atoms with Crippen LogP contribution in [0.15, 0.2) is 6.07 Å². The molecule has 0 bridgehead atoms.